The molecule has 8 nitrogen and oxygen atoms in total. The van der Waals surface area contributed by atoms with Crippen LogP contribution in [0, 0.1) is 12.3 Å². The number of likely N-dealkylation sites (tertiary alicyclic amines) is 1. The van der Waals surface area contributed by atoms with Crippen molar-refractivity contribution >= 4 is 24.2 Å². The van der Waals surface area contributed by atoms with E-state index in [4.69, 9.17) is 10.2 Å². The Balaban J connectivity index is 0.00000341. The summed E-state index contributed by atoms with van der Waals surface area (Å²) in [6.45, 7) is 7.94. The fraction of sp³-hybridized carbons (Fsp3) is 0.500. The van der Waals surface area contributed by atoms with Gasteiger partial charge in [0.1, 0.15) is 6.04 Å². The predicted octanol–water partition coefficient (Wildman–Crippen LogP) is 2.02. The van der Waals surface area contributed by atoms with Gasteiger partial charge in [0.05, 0.1) is 17.8 Å². The molecule has 2 amide bonds. The molecule has 170 valence electrons. The van der Waals surface area contributed by atoms with E-state index < -0.39 is 23.6 Å². The van der Waals surface area contributed by atoms with E-state index in [-0.39, 0.29) is 37.2 Å². The van der Waals surface area contributed by atoms with Crippen molar-refractivity contribution in [3.8, 4) is 11.3 Å². The van der Waals surface area contributed by atoms with Gasteiger partial charge >= 0.3 is 0 Å². The largest absolute Gasteiger partial charge is 0.443 e. The summed E-state index contributed by atoms with van der Waals surface area (Å²) in [6.07, 6.45) is 0.882. The number of nitrogens with one attached hydrogen (secondary N) is 1. The van der Waals surface area contributed by atoms with Crippen molar-refractivity contribution in [2.75, 3.05) is 6.54 Å². The standard InChI is InChI=1S/C22H30N4O4.ClH/c1-13-18(30-12-25-13)15-7-5-14(6-8-15)10-24-20(28)17-9-16(27)11-26(17)21(29)19(23)22(2,3)4;/h5-8,12,16-17,19,27H,9-11,23H2,1-4H3,(H,24,28);1H/t16-,17+,19?;/m1./s1. The minimum atomic E-state index is -0.745. The van der Waals surface area contributed by atoms with E-state index in [2.05, 4.69) is 10.3 Å². The van der Waals surface area contributed by atoms with Crippen molar-refractivity contribution < 1.29 is 19.1 Å². The average Bonchev–Trinajstić information content (AvgIpc) is 3.30. The highest BCUT2D eigenvalue weighted by Gasteiger charge is 2.42. The van der Waals surface area contributed by atoms with Crippen molar-refractivity contribution in [1.29, 1.82) is 0 Å². The second kappa shape index (κ2) is 9.80. The van der Waals surface area contributed by atoms with Gasteiger partial charge in [-0.05, 0) is 17.9 Å². The number of hydrogen-bond donors (Lipinski definition) is 3. The van der Waals surface area contributed by atoms with E-state index in [1.165, 1.54) is 11.3 Å². The van der Waals surface area contributed by atoms with Crippen LogP contribution in [0.25, 0.3) is 11.3 Å². The zero-order valence-electron chi connectivity index (χ0n) is 18.3. The number of aliphatic hydroxyl groups is 1. The summed E-state index contributed by atoms with van der Waals surface area (Å²) in [4.78, 5) is 31.1. The minimum absolute atomic E-state index is 0. The van der Waals surface area contributed by atoms with E-state index in [0.29, 0.717) is 6.54 Å². The van der Waals surface area contributed by atoms with Crippen LogP contribution in [0.3, 0.4) is 0 Å². The number of amides is 2. The Hall–Kier alpha value is -2.42. The highest BCUT2D eigenvalue weighted by atomic mass is 35.5. The molecule has 1 fully saturated rings. The van der Waals surface area contributed by atoms with E-state index in [1.54, 1.807) is 0 Å². The van der Waals surface area contributed by atoms with Crippen LogP contribution < -0.4 is 11.1 Å². The molecule has 31 heavy (non-hydrogen) atoms. The van der Waals surface area contributed by atoms with Gasteiger partial charge in [0.2, 0.25) is 11.8 Å². The zero-order chi connectivity index (χ0) is 22.1. The number of benzene rings is 1. The molecule has 3 rings (SSSR count). The molecule has 3 atom stereocenters. The molecule has 1 aromatic carbocycles. The monoisotopic (exact) mass is 450 g/mol. The molecular weight excluding hydrogens is 420 g/mol. The summed E-state index contributed by atoms with van der Waals surface area (Å²) in [6, 6.07) is 6.15. The normalized spacial score (nSPS) is 19.6. The molecular formula is C22H31ClN4O4. The van der Waals surface area contributed by atoms with Crippen LogP contribution in [0.4, 0.5) is 0 Å². The fourth-order valence-corrected chi connectivity index (χ4v) is 3.51. The van der Waals surface area contributed by atoms with Crippen LogP contribution in [-0.2, 0) is 16.1 Å². The number of carbonyl (C=O) groups is 2. The molecule has 0 radical (unpaired) electrons. The van der Waals surface area contributed by atoms with Gasteiger partial charge in [0.25, 0.3) is 0 Å². The molecule has 2 aromatic rings. The molecule has 1 unspecified atom stereocenters. The molecule has 1 aliphatic rings. The van der Waals surface area contributed by atoms with Gasteiger partial charge in [-0.15, -0.1) is 12.4 Å². The lowest BCUT2D eigenvalue weighted by Gasteiger charge is -2.32. The van der Waals surface area contributed by atoms with E-state index in [1.807, 2.05) is 52.0 Å². The quantitative estimate of drug-likeness (QED) is 0.640. The maximum atomic E-state index is 12.8. The lowest BCUT2D eigenvalue weighted by Crippen LogP contribution is -2.54. The maximum Gasteiger partial charge on any atom is 0.243 e. The molecule has 0 spiro atoms. The zero-order valence-corrected chi connectivity index (χ0v) is 19.1. The molecule has 1 aromatic heterocycles. The van der Waals surface area contributed by atoms with E-state index in [9.17, 15) is 14.7 Å². The van der Waals surface area contributed by atoms with Crippen LogP contribution in [0.2, 0.25) is 0 Å². The van der Waals surface area contributed by atoms with Crippen molar-refractivity contribution in [3.05, 3.63) is 41.9 Å². The number of β-amino-alcohol motifs (C(OH)–C–C–N with tert-alkyl or cyclic N) is 1. The van der Waals surface area contributed by atoms with E-state index in [0.717, 1.165) is 22.6 Å². The summed E-state index contributed by atoms with van der Waals surface area (Å²) < 4.78 is 5.39. The first-order valence-corrected chi connectivity index (χ1v) is 10.1. The second-order valence-electron chi connectivity index (χ2n) is 8.92. The third kappa shape index (κ3) is 5.64. The number of aryl methyl sites for hydroxylation is 1. The maximum absolute atomic E-state index is 12.8. The first kappa shape index (κ1) is 24.8. The van der Waals surface area contributed by atoms with Crippen molar-refractivity contribution in [3.63, 3.8) is 0 Å². The van der Waals surface area contributed by atoms with Crippen LogP contribution in [0.1, 0.15) is 38.4 Å². The molecule has 0 bridgehead atoms. The number of oxazole rings is 1. The predicted molar refractivity (Wildman–Crippen MR) is 119 cm³/mol. The Morgan fingerprint density at radius 3 is 2.52 bits per heavy atom. The van der Waals surface area contributed by atoms with Crippen molar-refractivity contribution in [2.24, 2.45) is 11.1 Å². The van der Waals surface area contributed by atoms with Gasteiger partial charge in [-0.25, -0.2) is 4.98 Å². The number of nitrogens with zero attached hydrogens (tertiary/aromatic N) is 2. The number of nitrogens with two attached hydrogens (primary N) is 1. The van der Waals surface area contributed by atoms with Gasteiger partial charge in [-0.2, -0.15) is 0 Å². The summed E-state index contributed by atoms with van der Waals surface area (Å²) >= 11 is 0. The molecule has 9 heteroatoms. The number of hydrogen-bond acceptors (Lipinski definition) is 6. The van der Waals surface area contributed by atoms with E-state index >= 15 is 0 Å². The molecule has 2 heterocycles. The molecule has 0 saturated carbocycles. The first-order chi connectivity index (χ1) is 14.1. The highest BCUT2D eigenvalue weighted by molar-refractivity contribution is 5.90. The van der Waals surface area contributed by atoms with Gasteiger partial charge in [-0.3, -0.25) is 9.59 Å². The molecule has 0 aliphatic carbocycles. The smallest absolute Gasteiger partial charge is 0.243 e. The van der Waals surface area contributed by atoms with Crippen LogP contribution in [-0.4, -0.2) is 51.5 Å². The lowest BCUT2D eigenvalue weighted by molar-refractivity contribution is -0.141. The lowest BCUT2D eigenvalue weighted by atomic mass is 9.86. The summed E-state index contributed by atoms with van der Waals surface area (Å²) in [5.41, 5.74) is 8.29. The Bertz CT molecular complexity index is 907. The summed E-state index contributed by atoms with van der Waals surface area (Å²) in [5.74, 6) is 0.108. The Labute approximate surface area is 188 Å². The number of halogens is 1. The van der Waals surface area contributed by atoms with Gasteiger partial charge in [0, 0.05) is 25.1 Å². The summed E-state index contributed by atoms with van der Waals surface area (Å²) in [5, 5.41) is 12.9. The summed E-state index contributed by atoms with van der Waals surface area (Å²) in [7, 11) is 0. The third-order valence-electron chi connectivity index (χ3n) is 5.49. The average molecular weight is 451 g/mol. The first-order valence-electron chi connectivity index (χ1n) is 10.1. The molecule has 1 saturated heterocycles. The Kier molecular flexibility index (Phi) is 7.86. The SMILES string of the molecule is Cc1ncoc1-c1ccc(CNC(=O)[C@@H]2C[C@@H](O)CN2C(=O)C(N)C(C)(C)C)cc1.Cl. The Morgan fingerprint density at radius 1 is 1.32 bits per heavy atom. The number of aromatic nitrogens is 1. The van der Waals surface area contributed by atoms with Gasteiger partial charge in [0.15, 0.2) is 12.2 Å². The fourth-order valence-electron chi connectivity index (χ4n) is 3.51. The number of rotatable bonds is 5. The van der Waals surface area contributed by atoms with Gasteiger partial charge in [-0.1, -0.05) is 45.0 Å². The van der Waals surface area contributed by atoms with Gasteiger partial charge < -0.3 is 25.5 Å². The third-order valence-corrected chi connectivity index (χ3v) is 5.49. The minimum Gasteiger partial charge on any atom is -0.443 e. The number of carbonyl (C=O) groups excluding carboxylic acids is 2. The van der Waals surface area contributed by atoms with Crippen LogP contribution >= 0.6 is 12.4 Å². The highest BCUT2D eigenvalue weighted by Crippen LogP contribution is 2.25. The Morgan fingerprint density at radius 2 is 1.97 bits per heavy atom. The van der Waals surface area contributed by atoms with Crippen molar-refractivity contribution in [1.82, 2.24) is 15.2 Å². The number of aliphatic hydroxyl groups excluding tert-OH is 1. The molecule has 1 aliphatic heterocycles. The van der Waals surface area contributed by atoms with Crippen LogP contribution in [0.5, 0.6) is 0 Å². The molecule has 4 N–H and O–H groups in total. The second-order valence-corrected chi connectivity index (χ2v) is 8.92. The van der Waals surface area contributed by atoms with Crippen LogP contribution in [0.15, 0.2) is 35.1 Å². The topological polar surface area (TPSA) is 122 Å². The van der Waals surface area contributed by atoms with Crippen molar-refractivity contribution in [2.45, 2.75) is 58.8 Å².